The quantitative estimate of drug-likeness (QED) is 0.604. The second-order valence-corrected chi connectivity index (χ2v) is 2.11. The van der Waals surface area contributed by atoms with E-state index in [0.717, 1.165) is 11.3 Å². The Balaban J connectivity index is 2.46. The lowest BCUT2D eigenvalue weighted by atomic mass is 10.2. The first-order chi connectivity index (χ1) is 5.97. The van der Waals surface area contributed by atoms with Crippen LogP contribution in [0, 0.1) is 12.7 Å². The topological polar surface area (TPSA) is 51.6 Å². The molecule has 2 aromatic heterocycles. The van der Waals surface area contributed by atoms with Crippen molar-refractivity contribution < 1.29 is 0 Å². The van der Waals surface area contributed by atoms with Gasteiger partial charge in [0.15, 0.2) is 12.7 Å². The lowest BCUT2D eigenvalue weighted by molar-refractivity contribution is 1.12. The monoisotopic (exact) mass is 156 g/mol. The molecule has 12 heavy (non-hydrogen) atoms. The number of hydrogen-bond acceptors (Lipinski definition) is 4. The van der Waals surface area contributed by atoms with E-state index in [-0.39, 0.29) is 0 Å². The van der Waals surface area contributed by atoms with Crippen molar-refractivity contribution in [2.24, 2.45) is 0 Å². The Morgan fingerprint density at radius 3 is 2.50 bits per heavy atom. The van der Waals surface area contributed by atoms with E-state index < -0.39 is 0 Å². The highest BCUT2D eigenvalue weighted by molar-refractivity contribution is 5.54. The van der Waals surface area contributed by atoms with Gasteiger partial charge in [0.1, 0.15) is 0 Å². The van der Waals surface area contributed by atoms with Crippen LogP contribution in [0.5, 0.6) is 0 Å². The summed E-state index contributed by atoms with van der Waals surface area (Å²) in [6.07, 6.45) is 9.85. The van der Waals surface area contributed by atoms with Crippen molar-refractivity contribution in [3.8, 4) is 11.3 Å². The van der Waals surface area contributed by atoms with Crippen molar-refractivity contribution in [3.05, 3.63) is 37.3 Å². The Labute approximate surface area is 69.4 Å². The Bertz CT molecular complexity index is 308. The fraction of sp³-hybridized carbons (Fsp3) is 0. The van der Waals surface area contributed by atoms with Gasteiger partial charge in [0.2, 0.25) is 0 Å². The molecule has 0 spiro atoms. The molecule has 2 rings (SSSR count). The summed E-state index contributed by atoms with van der Waals surface area (Å²) in [5, 5.41) is 0. The minimum Gasteiger partial charge on any atom is -0.234 e. The zero-order valence-corrected chi connectivity index (χ0v) is 6.10. The number of rotatable bonds is 1. The molecule has 0 bridgehead atoms. The molecule has 0 aliphatic rings. The van der Waals surface area contributed by atoms with Gasteiger partial charge in [-0.1, -0.05) is 0 Å². The van der Waals surface area contributed by atoms with Crippen LogP contribution in [0.25, 0.3) is 11.3 Å². The molecule has 4 nitrogen and oxygen atoms in total. The molecule has 2 radical (unpaired) electrons. The zero-order chi connectivity index (χ0) is 8.23. The molecule has 56 valence electrons. The number of hydrogen-bond donors (Lipinski definition) is 0. The molecule has 0 unspecified atom stereocenters. The summed E-state index contributed by atoms with van der Waals surface area (Å²) < 4.78 is 0. The summed E-state index contributed by atoms with van der Waals surface area (Å²) in [5.74, 6) is 0. The first-order valence-electron chi connectivity index (χ1n) is 3.34. The Morgan fingerprint density at radius 1 is 1.00 bits per heavy atom. The first kappa shape index (κ1) is 6.84. The fourth-order valence-electron chi connectivity index (χ4n) is 0.818. The van der Waals surface area contributed by atoms with Crippen LogP contribution < -0.4 is 0 Å². The Kier molecular flexibility index (Phi) is 1.74. The lowest BCUT2D eigenvalue weighted by Crippen LogP contribution is -1.86. The number of aromatic nitrogens is 4. The second-order valence-electron chi connectivity index (χ2n) is 2.11. The van der Waals surface area contributed by atoms with Gasteiger partial charge in [-0.05, 0) is 6.07 Å². The third kappa shape index (κ3) is 1.27. The molecule has 2 heterocycles. The molecular formula is C8H4N4. The van der Waals surface area contributed by atoms with Crippen LogP contribution in [0.3, 0.4) is 0 Å². The second kappa shape index (κ2) is 3.04. The maximum atomic E-state index is 3.92. The fourth-order valence-corrected chi connectivity index (χ4v) is 0.818. The summed E-state index contributed by atoms with van der Waals surface area (Å²) in [5.41, 5.74) is 1.60. The molecule has 0 fully saturated rings. The number of nitrogens with zero attached hydrogens (tertiary/aromatic N) is 4. The van der Waals surface area contributed by atoms with Gasteiger partial charge < -0.3 is 0 Å². The van der Waals surface area contributed by atoms with Crippen molar-refractivity contribution in [1.82, 2.24) is 19.9 Å². The van der Waals surface area contributed by atoms with Crippen molar-refractivity contribution in [2.75, 3.05) is 0 Å². The van der Waals surface area contributed by atoms with E-state index in [4.69, 9.17) is 0 Å². The van der Waals surface area contributed by atoms with E-state index in [2.05, 4.69) is 32.6 Å². The van der Waals surface area contributed by atoms with Gasteiger partial charge in [0, 0.05) is 24.2 Å². The van der Waals surface area contributed by atoms with Crippen LogP contribution in [0.4, 0.5) is 0 Å². The first-order valence-corrected chi connectivity index (χ1v) is 3.34. The maximum Gasteiger partial charge on any atom is 0.198 e. The summed E-state index contributed by atoms with van der Waals surface area (Å²) in [6, 6.07) is 1.77. The van der Waals surface area contributed by atoms with Gasteiger partial charge in [0.05, 0.1) is 5.69 Å². The Morgan fingerprint density at radius 2 is 1.83 bits per heavy atom. The molecule has 4 heteroatoms. The predicted molar refractivity (Wildman–Crippen MR) is 40.7 cm³/mol. The highest BCUT2D eigenvalue weighted by Gasteiger charge is 1.96. The largest absolute Gasteiger partial charge is 0.234 e. The highest BCUT2D eigenvalue weighted by Crippen LogP contribution is 2.10. The van der Waals surface area contributed by atoms with E-state index in [1.165, 1.54) is 0 Å². The van der Waals surface area contributed by atoms with Crippen molar-refractivity contribution >= 4 is 0 Å². The van der Waals surface area contributed by atoms with Gasteiger partial charge in [-0.2, -0.15) is 0 Å². The summed E-state index contributed by atoms with van der Waals surface area (Å²) in [7, 11) is 0. The van der Waals surface area contributed by atoms with Gasteiger partial charge in [-0.15, -0.1) is 0 Å². The van der Waals surface area contributed by atoms with Crippen LogP contribution in [0.15, 0.2) is 24.7 Å². The minimum atomic E-state index is 0.763. The molecule has 0 saturated heterocycles. The molecule has 0 N–H and O–H groups in total. The molecule has 0 aromatic carbocycles. The van der Waals surface area contributed by atoms with E-state index in [1.54, 1.807) is 24.7 Å². The Hall–Kier alpha value is -1.84. The van der Waals surface area contributed by atoms with Gasteiger partial charge in [-0.25, -0.2) is 19.9 Å². The highest BCUT2D eigenvalue weighted by atomic mass is 14.8. The molecule has 2 aromatic rings. The molecule has 0 aliphatic carbocycles. The van der Waals surface area contributed by atoms with Gasteiger partial charge in [0.25, 0.3) is 0 Å². The molecule has 0 aliphatic heterocycles. The van der Waals surface area contributed by atoms with Crippen molar-refractivity contribution in [1.29, 1.82) is 0 Å². The van der Waals surface area contributed by atoms with Crippen LogP contribution in [-0.4, -0.2) is 19.9 Å². The predicted octanol–water partition coefficient (Wildman–Crippen LogP) is 0.534. The summed E-state index contributed by atoms with van der Waals surface area (Å²) in [6.45, 7) is 0. The molecule has 0 saturated carbocycles. The smallest absolute Gasteiger partial charge is 0.198 e. The normalized spacial score (nSPS) is 9.67. The third-order valence-electron chi connectivity index (χ3n) is 1.35. The van der Waals surface area contributed by atoms with Crippen molar-refractivity contribution in [3.63, 3.8) is 0 Å². The van der Waals surface area contributed by atoms with E-state index in [9.17, 15) is 0 Å². The molecular weight excluding hydrogens is 152 g/mol. The van der Waals surface area contributed by atoms with Crippen molar-refractivity contribution in [2.45, 2.75) is 0 Å². The zero-order valence-electron chi connectivity index (χ0n) is 6.10. The standard InChI is InChI=1S/C8H4N4/c1-2-9-6-12-8(1)7-3-10-5-11-4-7/h1-4H. The minimum absolute atomic E-state index is 0.763. The van der Waals surface area contributed by atoms with Crippen LogP contribution in [0.2, 0.25) is 0 Å². The van der Waals surface area contributed by atoms with Crippen LogP contribution in [0.1, 0.15) is 0 Å². The van der Waals surface area contributed by atoms with Gasteiger partial charge >= 0.3 is 0 Å². The molecule has 0 atom stereocenters. The van der Waals surface area contributed by atoms with E-state index in [1.807, 2.05) is 0 Å². The third-order valence-corrected chi connectivity index (χ3v) is 1.35. The SMILES string of the molecule is [c]1ncc(-c2ccn[c]n2)cn1. The van der Waals surface area contributed by atoms with Crippen LogP contribution >= 0.6 is 0 Å². The molecule has 0 amide bonds. The lowest BCUT2D eigenvalue weighted by Gasteiger charge is -1.94. The summed E-state index contributed by atoms with van der Waals surface area (Å²) in [4.78, 5) is 15.1. The van der Waals surface area contributed by atoms with E-state index >= 15 is 0 Å². The van der Waals surface area contributed by atoms with Crippen LogP contribution in [-0.2, 0) is 0 Å². The average Bonchev–Trinajstić information content (AvgIpc) is 2.21. The van der Waals surface area contributed by atoms with Gasteiger partial charge in [-0.3, -0.25) is 0 Å². The van der Waals surface area contributed by atoms with E-state index in [0.29, 0.717) is 0 Å². The average molecular weight is 156 g/mol. The summed E-state index contributed by atoms with van der Waals surface area (Å²) >= 11 is 0. The maximum absolute atomic E-state index is 3.92.